The Kier molecular flexibility index (Phi) is 7.14. The molecule has 0 fully saturated rings. The summed E-state index contributed by atoms with van der Waals surface area (Å²) in [4.78, 5) is 14.6. The Labute approximate surface area is 175 Å². The fourth-order valence-electron chi connectivity index (χ4n) is 3.26. The van der Waals surface area contributed by atoms with Gasteiger partial charge >= 0.3 is 6.61 Å². The second kappa shape index (κ2) is 9.98. The highest BCUT2D eigenvalue weighted by Crippen LogP contribution is 2.26. The average Bonchev–Trinajstić information content (AvgIpc) is 2.77. The molecule has 6 heteroatoms. The highest BCUT2D eigenvalue weighted by molar-refractivity contribution is 5.96. The van der Waals surface area contributed by atoms with Crippen molar-refractivity contribution in [2.75, 3.05) is 11.9 Å². The lowest BCUT2D eigenvalue weighted by molar-refractivity contribution is -0.120. The molecular formula is C24H24F2N2O2. The van der Waals surface area contributed by atoms with Gasteiger partial charge in [-0.2, -0.15) is 8.78 Å². The van der Waals surface area contributed by atoms with Crippen molar-refractivity contribution in [3.63, 3.8) is 0 Å². The number of para-hydroxylation sites is 1. The van der Waals surface area contributed by atoms with Crippen LogP contribution in [0.2, 0.25) is 0 Å². The van der Waals surface area contributed by atoms with Crippen LogP contribution >= 0.6 is 0 Å². The van der Waals surface area contributed by atoms with E-state index in [1.807, 2.05) is 67.6 Å². The third-order valence-corrected chi connectivity index (χ3v) is 4.83. The summed E-state index contributed by atoms with van der Waals surface area (Å²) in [6.45, 7) is -1.06. The smallest absolute Gasteiger partial charge is 0.387 e. The first-order valence-corrected chi connectivity index (χ1v) is 9.64. The van der Waals surface area contributed by atoms with E-state index in [0.29, 0.717) is 0 Å². The van der Waals surface area contributed by atoms with Crippen LogP contribution in [0.4, 0.5) is 14.5 Å². The van der Waals surface area contributed by atoms with Crippen molar-refractivity contribution in [1.82, 2.24) is 5.32 Å². The van der Waals surface area contributed by atoms with Gasteiger partial charge in [0.1, 0.15) is 5.75 Å². The number of hydrogen-bond acceptors (Lipinski definition) is 3. The van der Waals surface area contributed by atoms with Gasteiger partial charge in [-0.15, -0.1) is 0 Å². The Morgan fingerprint density at radius 2 is 1.40 bits per heavy atom. The van der Waals surface area contributed by atoms with Gasteiger partial charge in [0.2, 0.25) is 5.91 Å². The molecule has 0 aromatic heterocycles. The van der Waals surface area contributed by atoms with Gasteiger partial charge in [0.05, 0.1) is 12.1 Å². The maximum Gasteiger partial charge on any atom is 0.387 e. The van der Waals surface area contributed by atoms with Crippen LogP contribution in [0.5, 0.6) is 5.75 Å². The quantitative estimate of drug-likeness (QED) is 0.567. The minimum atomic E-state index is -2.87. The number of likely N-dealkylation sites (N-methyl/N-ethyl adjacent to an activating group) is 1. The molecule has 1 N–H and O–H groups in total. The highest BCUT2D eigenvalue weighted by Gasteiger charge is 2.24. The molecule has 0 aliphatic rings. The number of nitrogens with zero attached hydrogens (tertiary/aromatic N) is 1. The number of benzene rings is 3. The van der Waals surface area contributed by atoms with Gasteiger partial charge in [-0.1, -0.05) is 60.7 Å². The number of alkyl halides is 2. The van der Waals surface area contributed by atoms with Crippen molar-refractivity contribution < 1.29 is 18.3 Å². The van der Waals surface area contributed by atoms with Gasteiger partial charge in [-0.25, -0.2) is 0 Å². The molecule has 0 saturated carbocycles. The molecule has 0 heterocycles. The Morgan fingerprint density at radius 1 is 0.867 bits per heavy atom. The zero-order valence-corrected chi connectivity index (χ0v) is 16.8. The zero-order chi connectivity index (χ0) is 21.5. The number of nitrogens with one attached hydrogen (secondary N) is 1. The summed E-state index contributed by atoms with van der Waals surface area (Å²) in [7, 11) is 1.74. The normalized spacial score (nSPS) is 13.0. The zero-order valence-electron chi connectivity index (χ0n) is 16.8. The number of amides is 1. The number of anilines is 1. The van der Waals surface area contributed by atoms with Crippen LogP contribution in [0.15, 0.2) is 84.9 Å². The SMILES string of the molecule is C[C@@H](N[C@@H](c1ccccc1)c1ccc(OC(F)F)cc1)C(=O)N(C)c1ccccc1. The van der Waals surface area contributed by atoms with Gasteiger partial charge in [-0.3, -0.25) is 10.1 Å². The van der Waals surface area contributed by atoms with Crippen molar-refractivity contribution in [3.8, 4) is 5.75 Å². The molecule has 2 atom stereocenters. The molecule has 3 aromatic carbocycles. The topological polar surface area (TPSA) is 41.6 Å². The minimum absolute atomic E-state index is 0.0835. The predicted octanol–water partition coefficient (Wildman–Crippen LogP) is 5.02. The van der Waals surface area contributed by atoms with E-state index in [4.69, 9.17) is 0 Å². The third kappa shape index (κ3) is 5.42. The van der Waals surface area contributed by atoms with E-state index in [-0.39, 0.29) is 17.7 Å². The average molecular weight is 410 g/mol. The highest BCUT2D eigenvalue weighted by atomic mass is 19.3. The molecule has 30 heavy (non-hydrogen) atoms. The molecule has 3 rings (SSSR count). The van der Waals surface area contributed by atoms with E-state index < -0.39 is 12.7 Å². The van der Waals surface area contributed by atoms with Crippen LogP contribution in [0.3, 0.4) is 0 Å². The van der Waals surface area contributed by atoms with Crippen LogP contribution in [-0.4, -0.2) is 25.6 Å². The molecule has 0 bridgehead atoms. The van der Waals surface area contributed by atoms with Crippen LogP contribution in [0.1, 0.15) is 24.1 Å². The van der Waals surface area contributed by atoms with Crippen molar-refractivity contribution >= 4 is 11.6 Å². The Bertz CT molecular complexity index is 934. The second-order valence-electron chi connectivity index (χ2n) is 6.91. The van der Waals surface area contributed by atoms with E-state index in [2.05, 4.69) is 10.1 Å². The first kappa shape index (κ1) is 21.5. The van der Waals surface area contributed by atoms with E-state index in [1.54, 1.807) is 24.1 Å². The molecule has 0 aliphatic heterocycles. The number of halogens is 2. The number of carbonyl (C=O) groups is 1. The van der Waals surface area contributed by atoms with Gasteiger partial charge in [0.15, 0.2) is 0 Å². The standard InChI is InChI=1S/C24H24F2N2O2/c1-17(23(29)28(2)20-11-7-4-8-12-20)27-22(18-9-5-3-6-10-18)19-13-15-21(16-14-19)30-24(25)26/h3-17,22,24,27H,1-2H3/t17-,22+/m1/s1. The van der Waals surface area contributed by atoms with Crippen LogP contribution in [0, 0.1) is 0 Å². The maximum atomic E-state index is 13.0. The van der Waals surface area contributed by atoms with Gasteiger partial charge in [-0.05, 0) is 42.3 Å². The minimum Gasteiger partial charge on any atom is -0.435 e. The van der Waals surface area contributed by atoms with E-state index >= 15 is 0 Å². The molecule has 0 spiro atoms. The first-order valence-electron chi connectivity index (χ1n) is 9.64. The first-order chi connectivity index (χ1) is 14.5. The summed E-state index contributed by atoms with van der Waals surface area (Å²) < 4.78 is 29.3. The lowest BCUT2D eigenvalue weighted by Crippen LogP contribution is -2.44. The predicted molar refractivity (Wildman–Crippen MR) is 114 cm³/mol. The molecular weight excluding hydrogens is 386 g/mol. The van der Waals surface area contributed by atoms with E-state index in [9.17, 15) is 13.6 Å². The third-order valence-electron chi connectivity index (χ3n) is 4.83. The number of carbonyl (C=O) groups excluding carboxylic acids is 1. The monoisotopic (exact) mass is 410 g/mol. The Balaban J connectivity index is 1.82. The second-order valence-corrected chi connectivity index (χ2v) is 6.91. The summed E-state index contributed by atoms with van der Waals surface area (Å²) in [5.41, 5.74) is 2.60. The van der Waals surface area contributed by atoms with Crippen molar-refractivity contribution in [1.29, 1.82) is 0 Å². The molecule has 0 aliphatic carbocycles. The maximum absolute atomic E-state index is 13.0. The molecule has 0 unspecified atom stereocenters. The Hall–Kier alpha value is -3.25. The summed E-state index contributed by atoms with van der Waals surface area (Å²) in [5.74, 6) is 0.00767. The summed E-state index contributed by atoms with van der Waals surface area (Å²) >= 11 is 0. The van der Waals surface area contributed by atoms with Gasteiger partial charge < -0.3 is 9.64 Å². The number of hydrogen-bond donors (Lipinski definition) is 1. The van der Waals surface area contributed by atoms with Gasteiger partial charge in [0.25, 0.3) is 0 Å². The van der Waals surface area contributed by atoms with Crippen LogP contribution in [-0.2, 0) is 4.79 Å². The van der Waals surface area contributed by atoms with Crippen molar-refractivity contribution in [2.45, 2.75) is 25.6 Å². The van der Waals surface area contributed by atoms with Crippen molar-refractivity contribution in [2.24, 2.45) is 0 Å². The molecule has 0 radical (unpaired) electrons. The molecule has 0 saturated heterocycles. The lowest BCUT2D eigenvalue weighted by atomic mass is 9.97. The molecule has 4 nitrogen and oxygen atoms in total. The summed E-state index contributed by atoms with van der Waals surface area (Å²) in [6, 6.07) is 24.7. The van der Waals surface area contributed by atoms with Gasteiger partial charge in [0, 0.05) is 12.7 Å². The number of ether oxygens (including phenoxy) is 1. The van der Waals surface area contributed by atoms with E-state index in [0.717, 1.165) is 16.8 Å². The number of rotatable bonds is 8. The van der Waals surface area contributed by atoms with Crippen LogP contribution in [0.25, 0.3) is 0 Å². The Morgan fingerprint density at radius 3 is 1.97 bits per heavy atom. The van der Waals surface area contributed by atoms with Crippen LogP contribution < -0.4 is 15.0 Å². The lowest BCUT2D eigenvalue weighted by Gasteiger charge is -2.27. The van der Waals surface area contributed by atoms with Crippen molar-refractivity contribution in [3.05, 3.63) is 96.1 Å². The molecule has 3 aromatic rings. The fourth-order valence-corrected chi connectivity index (χ4v) is 3.26. The summed E-state index contributed by atoms with van der Waals surface area (Å²) in [5, 5.41) is 3.38. The van der Waals surface area contributed by atoms with E-state index in [1.165, 1.54) is 12.1 Å². The fraction of sp³-hybridized carbons (Fsp3) is 0.208. The largest absolute Gasteiger partial charge is 0.435 e. The summed E-state index contributed by atoms with van der Waals surface area (Å²) in [6.07, 6.45) is 0. The molecule has 156 valence electrons. The molecule has 1 amide bonds.